The summed E-state index contributed by atoms with van der Waals surface area (Å²) in [4.78, 5) is 18.1. The summed E-state index contributed by atoms with van der Waals surface area (Å²) in [5.74, 6) is -0.0835. The molecule has 19 heavy (non-hydrogen) atoms. The van der Waals surface area contributed by atoms with E-state index in [1.165, 1.54) is 0 Å². The van der Waals surface area contributed by atoms with Crippen molar-refractivity contribution in [2.45, 2.75) is 38.7 Å². The molecule has 104 valence electrons. The summed E-state index contributed by atoms with van der Waals surface area (Å²) in [7, 11) is 0. The molecule has 2 heterocycles. The molecule has 0 saturated carbocycles. The van der Waals surface area contributed by atoms with Crippen molar-refractivity contribution >= 4 is 17.5 Å². The maximum atomic E-state index is 12.3. The molecule has 2 rings (SSSR count). The van der Waals surface area contributed by atoms with Gasteiger partial charge in [0, 0.05) is 11.3 Å². The van der Waals surface area contributed by atoms with Crippen molar-refractivity contribution in [2.24, 2.45) is 0 Å². The number of hydrogen-bond acceptors (Lipinski definition) is 3. The SMILES string of the molecule is CCCc1cc(C(=O)N2CC(O)(CC)C2)cc(Cl)n1. The van der Waals surface area contributed by atoms with E-state index < -0.39 is 5.60 Å². The standard InChI is InChI=1S/C14H19ClN2O2/c1-3-5-11-6-10(7-12(15)16-11)13(18)17-8-14(19,4-2)9-17/h6-7,19H,3-5,8-9H2,1-2H3. The van der Waals surface area contributed by atoms with Crippen LogP contribution in [0.4, 0.5) is 0 Å². The summed E-state index contributed by atoms with van der Waals surface area (Å²) in [5.41, 5.74) is 0.685. The fraction of sp³-hybridized carbons (Fsp3) is 0.571. The molecular formula is C14H19ClN2O2. The van der Waals surface area contributed by atoms with Gasteiger partial charge in [-0.05, 0) is 25.0 Å². The summed E-state index contributed by atoms with van der Waals surface area (Å²) in [6, 6.07) is 3.38. The Labute approximate surface area is 118 Å². The zero-order chi connectivity index (χ0) is 14.0. The van der Waals surface area contributed by atoms with Crippen LogP contribution in [-0.2, 0) is 6.42 Å². The summed E-state index contributed by atoms with van der Waals surface area (Å²) in [5, 5.41) is 10.3. The molecule has 1 fully saturated rings. The monoisotopic (exact) mass is 282 g/mol. The summed E-state index contributed by atoms with van der Waals surface area (Å²) < 4.78 is 0. The van der Waals surface area contributed by atoms with E-state index in [1.54, 1.807) is 17.0 Å². The smallest absolute Gasteiger partial charge is 0.254 e. The van der Waals surface area contributed by atoms with Crippen molar-refractivity contribution in [1.82, 2.24) is 9.88 Å². The first-order valence-corrected chi connectivity index (χ1v) is 7.03. The molecule has 1 amide bonds. The van der Waals surface area contributed by atoms with Gasteiger partial charge in [-0.25, -0.2) is 4.98 Å². The minimum atomic E-state index is -0.710. The van der Waals surface area contributed by atoms with Gasteiger partial charge in [0.1, 0.15) is 5.15 Å². The number of amides is 1. The molecule has 0 spiro atoms. The second-order valence-corrected chi connectivity index (χ2v) is 5.55. The molecule has 1 aliphatic heterocycles. The van der Waals surface area contributed by atoms with Crippen LogP contribution in [0, 0.1) is 0 Å². The van der Waals surface area contributed by atoms with E-state index in [9.17, 15) is 9.90 Å². The minimum Gasteiger partial charge on any atom is -0.386 e. The number of rotatable bonds is 4. The quantitative estimate of drug-likeness (QED) is 0.862. The van der Waals surface area contributed by atoms with E-state index in [0.29, 0.717) is 30.2 Å². The lowest BCUT2D eigenvalue weighted by Gasteiger charge is -2.46. The third kappa shape index (κ3) is 3.07. The molecule has 4 nitrogen and oxygen atoms in total. The number of aromatic nitrogens is 1. The minimum absolute atomic E-state index is 0.0835. The van der Waals surface area contributed by atoms with E-state index in [1.807, 2.05) is 6.92 Å². The average molecular weight is 283 g/mol. The van der Waals surface area contributed by atoms with Crippen LogP contribution in [0.25, 0.3) is 0 Å². The lowest BCUT2D eigenvalue weighted by Crippen LogP contribution is -2.63. The number of aryl methyl sites for hydroxylation is 1. The molecule has 1 aromatic rings. The molecule has 0 radical (unpaired) electrons. The molecule has 0 aromatic carbocycles. The van der Waals surface area contributed by atoms with Crippen LogP contribution in [-0.4, -0.2) is 39.6 Å². The van der Waals surface area contributed by atoms with Gasteiger partial charge in [0.15, 0.2) is 0 Å². The zero-order valence-corrected chi connectivity index (χ0v) is 12.1. The van der Waals surface area contributed by atoms with Crippen molar-refractivity contribution in [1.29, 1.82) is 0 Å². The normalized spacial score (nSPS) is 17.2. The maximum absolute atomic E-state index is 12.3. The van der Waals surface area contributed by atoms with Gasteiger partial charge in [0.25, 0.3) is 5.91 Å². The number of halogens is 1. The van der Waals surface area contributed by atoms with Gasteiger partial charge in [0.05, 0.1) is 18.7 Å². The van der Waals surface area contributed by atoms with Crippen molar-refractivity contribution in [2.75, 3.05) is 13.1 Å². The number of aliphatic hydroxyl groups is 1. The summed E-state index contributed by atoms with van der Waals surface area (Å²) >= 11 is 5.95. The van der Waals surface area contributed by atoms with Crippen LogP contribution >= 0.6 is 11.6 Å². The lowest BCUT2D eigenvalue weighted by molar-refractivity contribution is -0.0826. The van der Waals surface area contributed by atoms with E-state index in [2.05, 4.69) is 11.9 Å². The largest absolute Gasteiger partial charge is 0.386 e. The molecule has 1 saturated heterocycles. The van der Waals surface area contributed by atoms with Gasteiger partial charge in [-0.2, -0.15) is 0 Å². The second kappa shape index (κ2) is 5.47. The van der Waals surface area contributed by atoms with Gasteiger partial charge in [-0.3, -0.25) is 4.79 Å². The first kappa shape index (κ1) is 14.3. The summed E-state index contributed by atoms with van der Waals surface area (Å²) in [6.45, 7) is 4.77. The maximum Gasteiger partial charge on any atom is 0.254 e. The Kier molecular flexibility index (Phi) is 4.11. The molecule has 1 N–H and O–H groups in total. The van der Waals surface area contributed by atoms with E-state index >= 15 is 0 Å². The third-order valence-corrected chi connectivity index (χ3v) is 3.71. The van der Waals surface area contributed by atoms with Gasteiger partial charge < -0.3 is 10.0 Å². The second-order valence-electron chi connectivity index (χ2n) is 5.16. The van der Waals surface area contributed by atoms with Crippen LogP contribution in [0.5, 0.6) is 0 Å². The van der Waals surface area contributed by atoms with Gasteiger partial charge in [0.2, 0.25) is 0 Å². The van der Waals surface area contributed by atoms with Gasteiger partial charge in [-0.1, -0.05) is 31.9 Å². The third-order valence-electron chi connectivity index (χ3n) is 3.52. The number of likely N-dealkylation sites (tertiary alicyclic amines) is 1. The van der Waals surface area contributed by atoms with Crippen molar-refractivity contribution < 1.29 is 9.90 Å². The first-order chi connectivity index (χ1) is 8.97. The molecule has 1 aromatic heterocycles. The Balaban J connectivity index is 2.12. The van der Waals surface area contributed by atoms with E-state index in [4.69, 9.17) is 11.6 Å². The highest BCUT2D eigenvalue weighted by atomic mass is 35.5. The number of carbonyl (C=O) groups excluding carboxylic acids is 1. The predicted molar refractivity (Wildman–Crippen MR) is 74.4 cm³/mol. The Bertz CT molecular complexity index is 484. The fourth-order valence-electron chi connectivity index (χ4n) is 2.27. The molecule has 0 bridgehead atoms. The van der Waals surface area contributed by atoms with Crippen molar-refractivity contribution in [3.05, 3.63) is 28.5 Å². The number of pyridine rings is 1. The highest BCUT2D eigenvalue weighted by molar-refractivity contribution is 6.29. The molecule has 0 atom stereocenters. The Hall–Kier alpha value is -1.13. The molecular weight excluding hydrogens is 264 g/mol. The van der Waals surface area contributed by atoms with Crippen molar-refractivity contribution in [3.8, 4) is 0 Å². The highest BCUT2D eigenvalue weighted by Gasteiger charge is 2.42. The van der Waals surface area contributed by atoms with Gasteiger partial charge >= 0.3 is 0 Å². The number of β-amino-alcohol motifs (C(OH)–C–C–N with tert-alkyl or cyclic N) is 1. The molecule has 0 aliphatic carbocycles. The number of nitrogens with zero attached hydrogens (tertiary/aromatic N) is 2. The van der Waals surface area contributed by atoms with Gasteiger partial charge in [-0.15, -0.1) is 0 Å². The number of carbonyl (C=O) groups is 1. The molecule has 1 aliphatic rings. The highest BCUT2D eigenvalue weighted by Crippen LogP contribution is 2.26. The van der Waals surface area contributed by atoms with Crippen LogP contribution in [0.2, 0.25) is 5.15 Å². The zero-order valence-electron chi connectivity index (χ0n) is 11.3. The fourth-order valence-corrected chi connectivity index (χ4v) is 2.50. The lowest BCUT2D eigenvalue weighted by atomic mass is 9.90. The Morgan fingerprint density at radius 3 is 2.74 bits per heavy atom. The topological polar surface area (TPSA) is 53.4 Å². The van der Waals surface area contributed by atoms with Crippen LogP contribution in [0.3, 0.4) is 0 Å². The average Bonchev–Trinajstić information content (AvgIpc) is 2.34. The summed E-state index contributed by atoms with van der Waals surface area (Å²) in [6.07, 6.45) is 2.43. The molecule has 0 unspecified atom stereocenters. The predicted octanol–water partition coefficient (Wildman–Crippen LogP) is 2.28. The molecule has 5 heteroatoms. The first-order valence-electron chi connectivity index (χ1n) is 6.65. The van der Waals surface area contributed by atoms with Crippen molar-refractivity contribution in [3.63, 3.8) is 0 Å². The Morgan fingerprint density at radius 1 is 1.47 bits per heavy atom. The van der Waals surface area contributed by atoms with Crippen LogP contribution in [0.15, 0.2) is 12.1 Å². The Morgan fingerprint density at radius 2 is 2.16 bits per heavy atom. The van der Waals surface area contributed by atoms with Crippen LogP contribution < -0.4 is 0 Å². The number of hydrogen-bond donors (Lipinski definition) is 1. The van der Waals surface area contributed by atoms with Crippen LogP contribution in [0.1, 0.15) is 42.7 Å². The van der Waals surface area contributed by atoms with E-state index in [0.717, 1.165) is 18.5 Å². The van der Waals surface area contributed by atoms with E-state index in [-0.39, 0.29) is 5.91 Å².